The molecule has 0 spiro atoms. The molecule has 0 aromatic heterocycles. The van der Waals surface area contributed by atoms with Crippen molar-refractivity contribution in [2.45, 2.75) is 25.8 Å². The number of hydrazone groups is 1. The summed E-state index contributed by atoms with van der Waals surface area (Å²) in [5.41, 5.74) is 2.83. The fraction of sp³-hybridized carbons (Fsp3) is 0.222. The number of amides is 1. The maximum atomic E-state index is 12.8. The van der Waals surface area contributed by atoms with Crippen LogP contribution in [-0.2, 0) is 4.79 Å². The van der Waals surface area contributed by atoms with E-state index >= 15 is 0 Å². The van der Waals surface area contributed by atoms with Gasteiger partial charge in [0.1, 0.15) is 5.92 Å². The van der Waals surface area contributed by atoms with E-state index in [1.54, 1.807) is 5.01 Å². The lowest BCUT2D eigenvalue weighted by atomic mass is 9.94. The van der Waals surface area contributed by atoms with Gasteiger partial charge in [-0.05, 0) is 37.1 Å². The fourth-order valence-corrected chi connectivity index (χ4v) is 2.90. The van der Waals surface area contributed by atoms with E-state index in [4.69, 9.17) is 11.6 Å². The number of hydrogen-bond acceptors (Lipinski definition) is 2. The van der Waals surface area contributed by atoms with Crippen LogP contribution < -0.4 is 0 Å². The van der Waals surface area contributed by atoms with Gasteiger partial charge < -0.3 is 0 Å². The molecule has 3 nitrogen and oxygen atoms in total. The minimum Gasteiger partial charge on any atom is -0.272 e. The molecule has 0 radical (unpaired) electrons. The first-order chi connectivity index (χ1) is 10.6. The normalized spacial score (nSPS) is 19.2. The van der Waals surface area contributed by atoms with Crippen LogP contribution in [0.3, 0.4) is 0 Å². The highest BCUT2D eigenvalue weighted by atomic mass is 35.5. The Morgan fingerprint density at radius 3 is 2.36 bits per heavy atom. The molecule has 2 aromatic rings. The van der Waals surface area contributed by atoms with Gasteiger partial charge in [0.2, 0.25) is 0 Å². The summed E-state index contributed by atoms with van der Waals surface area (Å²) >= 11 is 5.92. The Balaban J connectivity index is 1.88. The summed E-state index contributed by atoms with van der Waals surface area (Å²) in [5.74, 6) is -0.262. The monoisotopic (exact) mass is 312 g/mol. The molecule has 1 aliphatic rings. The molecule has 0 bridgehead atoms. The Labute approximate surface area is 135 Å². The van der Waals surface area contributed by atoms with Gasteiger partial charge in [0.15, 0.2) is 0 Å². The SMILES string of the molecule is CC1=NN(C(C)c2ccc(Cl)cc2)C(=O)C1c1ccccc1. The van der Waals surface area contributed by atoms with E-state index in [2.05, 4.69) is 5.10 Å². The van der Waals surface area contributed by atoms with Crippen molar-refractivity contribution in [2.75, 3.05) is 0 Å². The van der Waals surface area contributed by atoms with E-state index in [1.165, 1.54) is 0 Å². The Morgan fingerprint density at radius 1 is 1.09 bits per heavy atom. The van der Waals surface area contributed by atoms with Crippen LogP contribution in [0, 0.1) is 0 Å². The molecule has 3 rings (SSSR count). The lowest BCUT2D eigenvalue weighted by Gasteiger charge is -2.22. The van der Waals surface area contributed by atoms with Gasteiger partial charge >= 0.3 is 0 Å². The summed E-state index contributed by atoms with van der Waals surface area (Å²) in [5, 5.41) is 6.76. The van der Waals surface area contributed by atoms with Crippen LogP contribution in [0.2, 0.25) is 5.02 Å². The first-order valence-electron chi connectivity index (χ1n) is 7.26. The number of hydrogen-bond donors (Lipinski definition) is 0. The van der Waals surface area contributed by atoms with Crippen molar-refractivity contribution < 1.29 is 4.79 Å². The molecule has 1 amide bonds. The highest BCUT2D eigenvalue weighted by Gasteiger charge is 2.37. The average Bonchev–Trinajstić information content (AvgIpc) is 2.83. The predicted octanol–water partition coefficient (Wildman–Crippen LogP) is 4.40. The average molecular weight is 313 g/mol. The molecule has 2 aromatic carbocycles. The van der Waals surface area contributed by atoms with Gasteiger partial charge in [-0.25, -0.2) is 5.01 Å². The van der Waals surface area contributed by atoms with Crippen LogP contribution in [0.5, 0.6) is 0 Å². The van der Waals surface area contributed by atoms with Crippen LogP contribution in [-0.4, -0.2) is 16.6 Å². The summed E-state index contributed by atoms with van der Waals surface area (Å²) in [6.45, 7) is 3.88. The molecular formula is C18H17ClN2O. The van der Waals surface area contributed by atoms with Gasteiger partial charge in [0.25, 0.3) is 5.91 Å². The van der Waals surface area contributed by atoms with Crippen molar-refractivity contribution in [3.8, 4) is 0 Å². The van der Waals surface area contributed by atoms with Crippen LogP contribution >= 0.6 is 11.6 Å². The van der Waals surface area contributed by atoms with Gasteiger partial charge in [0, 0.05) is 5.02 Å². The molecule has 2 atom stereocenters. The first-order valence-corrected chi connectivity index (χ1v) is 7.64. The number of rotatable bonds is 3. The van der Waals surface area contributed by atoms with Gasteiger partial charge in [0.05, 0.1) is 11.8 Å². The third-order valence-electron chi connectivity index (χ3n) is 4.01. The Kier molecular flexibility index (Phi) is 3.99. The molecule has 0 saturated carbocycles. The van der Waals surface area contributed by atoms with Gasteiger partial charge in [-0.2, -0.15) is 5.10 Å². The molecule has 2 unspecified atom stereocenters. The number of carbonyl (C=O) groups excluding carboxylic acids is 1. The molecule has 0 fully saturated rings. The number of halogens is 1. The van der Waals surface area contributed by atoms with E-state index in [0.717, 1.165) is 16.8 Å². The largest absolute Gasteiger partial charge is 0.272 e. The number of nitrogens with zero attached hydrogens (tertiary/aromatic N) is 2. The third kappa shape index (κ3) is 2.64. The molecule has 4 heteroatoms. The quantitative estimate of drug-likeness (QED) is 0.826. The summed E-state index contributed by atoms with van der Waals surface area (Å²) in [6, 6.07) is 17.2. The van der Waals surface area contributed by atoms with Crippen LogP contribution in [0.15, 0.2) is 59.7 Å². The molecule has 1 heterocycles. The summed E-state index contributed by atoms with van der Waals surface area (Å²) in [6.07, 6.45) is 0. The molecule has 22 heavy (non-hydrogen) atoms. The second-order valence-electron chi connectivity index (χ2n) is 5.50. The van der Waals surface area contributed by atoms with Crippen LogP contribution in [0.25, 0.3) is 0 Å². The number of benzene rings is 2. The zero-order chi connectivity index (χ0) is 15.7. The summed E-state index contributed by atoms with van der Waals surface area (Å²) in [7, 11) is 0. The minimum atomic E-state index is -0.282. The highest BCUT2D eigenvalue weighted by Crippen LogP contribution is 2.32. The molecule has 0 aliphatic carbocycles. The van der Waals surface area contributed by atoms with Crippen molar-refractivity contribution in [1.29, 1.82) is 0 Å². The lowest BCUT2D eigenvalue weighted by molar-refractivity contribution is -0.131. The van der Waals surface area contributed by atoms with E-state index in [-0.39, 0.29) is 17.9 Å². The van der Waals surface area contributed by atoms with Crippen molar-refractivity contribution in [3.05, 3.63) is 70.7 Å². The molecule has 0 saturated heterocycles. The Hall–Kier alpha value is -2.13. The van der Waals surface area contributed by atoms with E-state index < -0.39 is 0 Å². The minimum absolute atomic E-state index is 0.0196. The summed E-state index contributed by atoms with van der Waals surface area (Å²) < 4.78 is 0. The molecule has 0 N–H and O–H groups in total. The summed E-state index contributed by atoms with van der Waals surface area (Å²) in [4.78, 5) is 12.8. The fourth-order valence-electron chi connectivity index (χ4n) is 2.78. The molecule has 112 valence electrons. The van der Waals surface area contributed by atoms with Gasteiger partial charge in [-0.15, -0.1) is 0 Å². The van der Waals surface area contributed by atoms with Crippen molar-refractivity contribution in [1.82, 2.24) is 5.01 Å². The predicted molar refractivity (Wildman–Crippen MR) is 89.0 cm³/mol. The first kappa shape index (κ1) is 14.8. The lowest BCUT2D eigenvalue weighted by Crippen LogP contribution is -2.28. The van der Waals surface area contributed by atoms with Crippen molar-refractivity contribution in [3.63, 3.8) is 0 Å². The Bertz CT molecular complexity index is 710. The zero-order valence-electron chi connectivity index (χ0n) is 12.5. The van der Waals surface area contributed by atoms with E-state index in [9.17, 15) is 4.79 Å². The smallest absolute Gasteiger partial charge is 0.256 e. The zero-order valence-corrected chi connectivity index (χ0v) is 13.3. The second-order valence-corrected chi connectivity index (χ2v) is 5.93. The highest BCUT2D eigenvalue weighted by molar-refractivity contribution is 6.30. The van der Waals surface area contributed by atoms with Crippen molar-refractivity contribution in [2.24, 2.45) is 5.10 Å². The standard InChI is InChI=1S/C18H17ClN2O/c1-12-17(15-6-4-3-5-7-15)18(22)21(20-12)13(2)14-8-10-16(19)11-9-14/h3-11,13,17H,1-2H3. The maximum Gasteiger partial charge on any atom is 0.256 e. The molecular weight excluding hydrogens is 296 g/mol. The van der Waals surface area contributed by atoms with Gasteiger partial charge in [-0.1, -0.05) is 54.1 Å². The number of carbonyl (C=O) groups is 1. The second kappa shape index (κ2) is 5.93. The third-order valence-corrected chi connectivity index (χ3v) is 4.26. The Morgan fingerprint density at radius 2 is 1.73 bits per heavy atom. The van der Waals surface area contributed by atoms with E-state index in [1.807, 2.05) is 68.4 Å². The topological polar surface area (TPSA) is 32.7 Å². The molecule has 1 aliphatic heterocycles. The maximum absolute atomic E-state index is 12.8. The van der Waals surface area contributed by atoms with Crippen LogP contribution in [0.1, 0.15) is 36.9 Å². The van der Waals surface area contributed by atoms with Crippen molar-refractivity contribution >= 4 is 23.2 Å². The van der Waals surface area contributed by atoms with Gasteiger partial charge in [-0.3, -0.25) is 4.79 Å². The van der Waals surface area contributed by atoms with Crippen LogP contribution in [0.4, 0.5) is 0 Å². The van der Waals surface area contributed by atoms with E-state index in [0.29, 0.717) is 5.02 Å².